The number of aliphatic hydroxyl groups is 1. The van der Waals surface area contributed by atoms with E-state index < -0.39 is 17.1 Å². The Kier molecular flexibility index (Phi) is 7.23. The highest BCUT2D eigenvalue weighted by molar-refractivity contribution is 5.84. The summed E-state index contributed by atoms with van der Waals surface area (Å²) >= 11 is 0. The molecule has 0 radical (unpaired) electrons. The fourth-order valence-corrected chi connectivity index (χ4v) is 4.87. The molecule has 0 aliphatic carbocycles. The zero-order chi connectivity index (χ0) is 22.6. The van der Waals surface area contributed by atoms with Crippen LogP contribution in [-0.2, 0) is 16.0 Å². The van der Waals surface area contributed by atoms with Crippen LogP contribution in [0.15, 0.2) is 42.5 Å². The zero-order valence-corrected chi connectivity index (χ0v) is 19.6. The Morgan fingerprint density at radius 2 is 1.74 bits per heavy atom. The van der Waals surface area contributed by atoms with Crippen molar-refractivity contribution in [2.45, 2.75) is 71.9 Å². The third kappa shape index (κ3) is 6.18. The summed E-state index contributed by atoms with van der Waals surface area (Å²) in [7, 11) is 0. The number of hydrogen-bond acceptors (Lipinski definition) is 3. The molecule has 1 aliphatic rings. The summed E-state index contributed by atoms with van der Waals surface area (Å²) in [5.74, 6) is 0.0678. The molecule has 1 saturated heterocycles. The molecular formula is C27H37NO3. The van der Waals surface area contributed by atoms with Gasteiger partial charge in [0.25, 0.3) is 0 Å². The van der Waals surface area contributed by atoms with E-state index in [9.17, 15) is 9.90 Å². The van der Waals surface area contributed by atoms with Gasteiger partial charge in [-0.2, -0.15) is 0 Å². The van der Waals surface area contributed by atoms with Gasteiger partial charge < -0.3 is 15.2 Å². The number of benzene rings is 2. The Bertz CT molecular complexity index is 890. The summed E-state index contributed by atoms with van der Waals surface area (Å²) in [6.07, 6.45) is 2.16. The minimum Gasteiger partial charge on any atom is -0.393 e. The molecule has 1 atom stereocenters. The number of aliphatic hydroxyl groups excluding tert-OH is 1. The molecule has 1 aliphatic heterocycles. The van der Waals surface area contributed by atoms with Crippen molar-refractivity contribution in [2.24, 2.45) is 5.41 Å². The molecule has 31 heavy (non-hydrogen) atoms. The van der Waals surface area contributed by atoms with Crippen LogP contribution in [0.25, 0.3) is 11.1 Å². The Hall–Kier alpha value is -2.17. The third-order valence-electron chi connectivity index (χ3n) is 6.21. The summed E-state index contributed by atoms with van der Waals surface area (Å²) in [5.41, 5.74) is 5.11. The van der Waals surface area contributed by atoms with E-state index in [1.165, 1.54) is 27.8 Å². The molecule has 3 rings (SSSR count). The van der Waals surface area contributed by atoms with E-state index in [4.69, 9.17) is 4.74 Å². The lowest BCUT2D eigenvalue weighted by Gasteiger charge is -2.39. The quantitative estimate of drug-likeness (QED) is 0.661. The fourth-order valence-electron chi connectivity index (χ4n) is 4.87. The van der Waals surface area contributed by atoms with Gasteiger partial charge >= 0.3 is 0 Å². The lowest BCUT2D eigenvalue weighted by molar-refractivity contribution is -0.138. The second-order valence-electron chi connectivity index (χ2n) is 10.0. The number of hydrogen-bond donors (Lipinski definition) is 2. The first-order valence-corrected chi connectivity index (χ1v) is 11.3. The molecule has 2 aromatic rings. The predicted molar refractivity (Wildman–Crippen MR) is 126 cm³/mol. The maximum atomic E-state index is 13.5. The van der Waals surface area contributed by atoms with Crippen LogP contribution in [0.2, 0.25) is 0 Å². The van der Waals surface area contributed by atoms with Gasteiger partial charge in [-0.05, 0) is 77.0 Å². The highest BCUT2D eigenvalue weighted by atomic mass is 16.5. The van der Waals surface area contributed by atoms with Gasteiger partial charge in [0.2, 0.25) is 5.91 Å². The summed E-state index contributed by atoms with van der Waals surface area (Å²) in [4.78, 5) is 13.5. The first-order valence-electron chi connectivity index (χ1n) is 11.3. The van der Waals surface area contributed by atoms with E-state index >= 15 is 0 Å². The van der Waals surface area contributed by atoms with E-state index in [0.717, 1.165) is 0 Å². The summed E-state index contributed by atoms with van der Waals surface area (Å²) in [6.45, 7) is 11.2. The Morgan fingerprint density at radius 1 is 1.10 bits per heavy atom. The summed E-state index contributed by atoms with van der Waals surface area (Å²) < 4.78 is 5.61. The molecule has 2 N–H and O–H groups in total. The van der Waals surface area contributed by atoms with Crippen LogP contribution in [0, 0.1) is 19.3 Å². The second kappa shape index (κ2) is 9.54. The van der Waals surface area contributed by atoms with Crippen LogP contribution in [0.5, 0.6) is 0 Å². The van der Waals surface area contributed by atoms with E-state index in [-0.39, 0.29) is 5.91 Å². The van der Waals surface area contributed by atoms with Crippen LogP contribution >= 0.6 is 0 Å². The lowest BCUT2D eigenvalue weighted by Crippen LogP contribution is -2.54. The lowest BCUT2D eigenvalue weighted by atomic mass is 9.73. The van der Waals surface area contributed by atoms with E-state index in [0.29, 0.717) is 38.9 Å². The van der Waals surface area contributed by atoms with Crippen molar-refractivity contribution in [3.05, 3.63) is 59.2 Å². The van der Waals surface area contributed by atoms with Crippen LogP contribution in [0.3, 0.4) is 0 Å². The Morgan fingerprint density at radius 3 is 2.35 bits per heavy atom. The maximum absolute atomic E-state index is 13.5. The van der Waals surface area contributed by atoms with Gasteiger partial charge in [-0.15, -0.1) is 0 Å². The van der Waals surface area contributed by atoms with E-state index in [2.05, 4.69) is 61.6 Å². The molecule has 0 unspecified atom stereocenters. The first-order chi connectivity index (χ1) is 14.6. The van der Waals surface area contributed by atoms with Crippen LogP contribution in [0.1, 0.15) is 56.7 Å². The minimum atomic E-state index is -0.491. The van der Waals surface area contributed by atoms with Crippen molar-refractivity contribution in [3.63, 3.8) is 0 Å². The molecule has 0 spiro atoms. The smallest absolute Gasteiger partial charge is 0.227 e. The number of rotatable bonds is 7. The van der Waals surface area contributed by atoms with Gasteiger partial charge in [-0.1, -0.05) is 53.6 Å². The van der Waals surface area contributed by atoms with Crippen molar-refractivity contribution in [2.75, 3.05) is 13.2 Å². The molecule has 1 fully saturated rings. The standard InChI is InChI=1S/C27H37NO3/c1-19-13-20(2)15-24(14-19)23-8-6-7-22(16-23)18-27(9-11-31-12-10-27)25(30)28-26(4,5)17-21(3)29/h6-8,13-16,21,29H,9-12,17-18H2,1-5H3,(H,28,30)/t21-/m1/s1. The number of carbonyl (C=O) groups is 1. The summed E-state index contributed by atoms with van der Waals surface area (Å²) in [6, 6.07) is 15.2. The number of ether oxygens (including phenoxy) is 1. The SMILES string of the molecule is Cc1cc(C)cc(-c2cccc(CC3(C(=O)NC(C)(C)C[C@@H](C)O)CCOCC3)c2)c1. The van der Waals surface area contributed by atoms with E-state index in [1.807, 2.05) is 13.8 Å². The molecule has 4 heteroatoms. The summed E-state index contributed by atoms with van der Waals surface area (Å²) in [5, 5.41) is 13.0. The van der Waals surface area contributed by atoms with Crippen LogP contribution in [-0.4, -0.2) is 35.9 Å². The Labute approximate surface area is 187 Å². The molecule has 1 amide bonds. The predicted octanol–water partition coefficient (Wildman–Crippen LogP) is 4.98. The topological polar surface area (TPSA) is 58.6 Å². The molecule has 0 bridgehead atoms. The highest BCUT2D eigenvalue weighted by Crippen LogP contribution is 2.36. The van der Waals surface area contributed by atoms with Gasteiger partial charge in [0, 0.05) is 18.8 Å². The maximum Gasteiger partial charge on any atom is 0.227 e. The van der Waals surface area contributed by atoms with Crippen molar-refractivity contribution in [3.8, 4) is 11.1 Å². The van der Waals surface area contributed by atoms with Gasteiger partial charge in [0.1, 0.15) is 0 Å². The van der Waals surface area contributed by atoms with Crippen molar-refractivity contribution in [1.29, 1.82) is 0 Å². The Balaban J connectivity index is 1.87. The van der Waals surface area contributed by atoms with Crippen LogP contribution < -0.4 is 5.32 Å². The van der Waals surface area contributed by atoms with Crippen molar-refractivity contribution < 1.29 is 14.6 Å². The molecule has 0 saturated carbocycles. The van der Waals surface area contributed by atoms with E-state index in [1.54, 1.807) is 6.92 Å². The number of carbonyl (C=O) groups excluding carboxylic acids is 1. The largest absolute Gasteiger partial charge is 0.393 e. The average Bonchev–Trinajstić information content (AvgIpc) is 2.66. The molecule has 4 nitrogen and oxygen atoms in total. The number of aryl methyl sites for hydroxylation is 2. The zero-order valence-electron chi connectivity index (χ0n) is 19.6. The van der Waals surface area contributed by atoms with Gasteiger partial charge in [0.05, 0.1) is 11.5 Å². The molecule has 168 valence electrons. The normalized spacial score (nSPS) is 17.2. The average molecular weight is 424 g/mol. The first kappa shape index (κ1) is 23.5. The molecule has 2 aromatic carbocycles. The highest BCUT2D eigenvalue weighted by Gasteiger charge is 2.42. The molecule has 1 heterocycles. The molecular weight excluding hydrogens is 386 g/mol. The van der Waals surface area contributed by atoms with Crippen molar-refractivity contribution >= 4 is 5.91 Å². The molecule has 0 aromatic heterocycles. The monoisotopic (exact) mass is 423 g/mol. The number of nitrogens with one attached hydrogen (secondary N) is 1. The van der Waals surface area contributed by atoms with Gasteiger partial charge in [-0.25, -0.2) is 0 Å². The number of amides is 1. The van der Waals surface area contributed by atoms with Crippen LogP contribution in [0.4, 0.5) is 0 Å². The fraction of sp³-hybridized carbons (Fsp3) is 0.519. The third-order valence-corrected chi connectivity index (χ3v) is 6.21. The van der Waals surface area contributed by atoms with Crippen molar-refractivity contribution in [1.82, 2.24) is 5.32 Å². The second-order valence-corrected chi connectivity index (χ2v) is 10.0. The minimum absolute atomic E-state index is 0.0678. The van der Waals surface area contributed by atoms with Gasteiger partial charge in [0.15, 0.2) is 0 Å². The van der Waals surface area contributed by atoms with Gasteiger partial charge in [-0.3, -0.25) is 4.79 Å².